The third-order valence-electron chi connectivity index (χ3n) is 4.65. The molecule has 1 aromatic carbocycles. The third-order valence-corrected chi connectivity index (χ3v) is 5.47. The van der Waals surface area contributed by atoms with Crippen molar-refractivity contribution in [1.82, 2.24) is 14.8 Å². The molecule has 3 rings (SSSR count). The van der Waals surface area contributed by atoms with Gasteiger partial charge < -0.3 is 18.5 Å². The lowest BCUT2D eigenvalue weighted by atomic mass is 10.2. The van der Waals surface area contributed by atoms with Gasteiger partial charge in [-0.2, -0.15) is 0 Å². The molecule has 0 aliphatic carbocycles. The minimum Gasteiger partial charge on any atom is -0.497 e. The number of thioether (sulfide) groups is 1. The van der Waals surface area contributed by atoms with Gasteiger partial charge in [0.05, 0.1) is 20.0 Å². The summed E-state index contributed by atoms with van der Waals surface area (Å²) in [7, 11) is 3.16. The minimum absolute atomic E-state index is 0.0493. The molecule has 154 valence electrons. The zero-order valence-electron chi connectivity index (χ0n) is 17.3. The first-order valence-electron chi connectivity index (χ1n) is 9.36. The summed E-state index contributed by atoms with van der Waals surface area (Å²) < 4.78 is 18.4. The Kier molecular flexibility index (Phi) is 6.64. The first-order valence-corrected chi connectivity index (χ1v) is 10.3. The summed E-state index contributed by atoms with van der Waals surface area (Å²) in [5, 5.41) is 8.48. The molecule has 0 aliphatic rings. The highest BCUT2D eigenvalue weighted by atomic mass is 32.2. The van der Waals surface area contributed by atoms with Crippen LogP contribution in [0.2, 0.25) is 0 Å². The summed E-state index contributed by atoms with van der Waals surface area (Å²) in [6.07, 6.45) is 1.03. The Hall–Kier alpha value is -2.74. The molecule has 7 nitrogen and oxygen atoms in total. The molecule has 0 unspecified atom stereocenters. The van der Waals surface area contributed by atoms with Gasteiger partial charge in [-0.15, -0.1) is 10.2 Å². The lowest BCUT2D eigenvalue weighted by molar-refractivity contribution is 0.102. The van der Waals surface area contributed by atoms with E-state index in [-0.39, 0.29) is 11.5 Å². The molecule has 0 saturated heterocycles. The molecule has 0 saturated carbocycles. The monoisotopic (exact) mass is 415 g/mol. The quantitative estimate of drug-likeness (QED) is 0.374. The molecule has 0 amide bonds. The van der Waals surface area contributed by atoms with Crippen LogP contribution < -0.4 is 9.47 Å². The zero-order valence-corrected chi connectivity index (χ0v) is 18.1. The van der Waals surface area contributed by atoms with Crippen LogP contribution >= 0.6 is 11.8 Å². The molecule has 3 aromatic rings. The van der Waals surface area contributed by atoms with Crippen molar-refractivity contribution in [2.75, 3.05) is 20.0 Å². The van der Waals surface area contributed by atoms with Gasteiger partial charge in [-0.25, -0.2) is 0 Å². The number of ketones is 1. The molecule has 0 atom stereocenters. The van der Waals surface area contributed by atoms with E-state index in [2.05, 4.69) is 21.7 Å². The van der Waals surface area contributed by atoms with Crippen LogP contribution in [0, 0.1) is 13.8 Å². The van der Waals surface area contributed by atoms with Crippen LogP contribution in [0.15, 0.2) is 33.9 Å². The van der Waals surface area contributed by atoms with Crippen molar-refractivity contribution in [2.45, 2.75) is 39.0 Å². The average Bonchev–Trinajstić information content (AvgIpc) is 3.32. The molecule has 29 heavy (non-hydrogen) atoms. The predicted octanol–water partition coefficient (Wildman–Crippen LogP) is 4.56. The van der Waals surface area contributed by atoms with Crippen LogP contribution in [0.25, 0.3) is 11.5 Å². The van der Waals surface area contributed by atoms with E-state index >= 15 is 0 Å². The molecule has 8 heteroatoms. The maximum atomic E-state index is 12.7. The lowest BCUT2D eigenvalue weighted by Gasteiger charge is -2.07. The van der Waals surface area contributed by atoms with Gasteiger partial charge in [0, 0.05) is 35.1 Å². The summed E-state index contributed by atoms with van der Waals surface area (Å²) in [4.78, 5) is 12.7. The Labute approximate surface area is 174 Å². The minimum atomic E-state index is 0.0493. The van der Waals surface area contributed by atoms with Crippen molar-refractivity contribution in [1.29, 1.82) is 0 Å². The van der Waals surface area contributed by atoms with E-state index in [0.29, 0.717) is 28.2 Å². The van der Waals surface area contributed by atoms with Gasteiger partial charge in [0.2, 0.25) is 5.89 Å². The number of carbonyl (C=O) groups is 1. The molecule has 0 bridgehead atoms. The second-order valence-electron chi connectivity index (χ2n) is 6.62. The number of aryl methyl sites for hydroxylation is 1. The zero-order chi connectivity index (χ0) is 21.0. The lowest BCUT2D eigenvalue weighted by Crippen LogP contribution is -2.06. The number of Topliss-reactive ketones (excluding diaryl/α,β-unsaturated/α-hetero) is 1. The van der Waals surface area contributed by atoms with Crippen LogP contribution in [0.3, 0.4) is 0 Å². The van der Waals surface area contributed by atoms with E-state index in [1.54, 1.807) is 32.4 Å². The third kappa shape index (κ3) is 4.64. The average molecular weight is 416 g/mol. The van der Waals surface area contributed by atoms with Gasteiger partial charge in [-0.3, -0.25) is 4.79 Å². The van der Waals surface area contributed by atoms with Crippen molar-refractivity contribution >= 4 is 17.5 Å². The SMILES string of the molecule is CCCn1c(C)cc(C(=O)CSc2nnc(-c3cc(OC)cc(OC)c3)o2)c1C. The molecule has 2 heterocycles. The van der Waals surface area contributed by atoms with Crippen LogP contribution in [0.1, 0.15) is 35.1 Å². The maximum absolute atomic E-state index is 12.7. The number of hydrogen-bond acceptors (Lipinski definition) is 7. The van der Waals surface area contributed by atoms with Crippen molar-refractivity contribution in [3.63, 3.8) is 0 Å². The Bertz CT molecular complexity index is 987. The molecule has 0 radical (unpaired) electrons. The van der Waals surface area contributed by atoms with E-state index in [9.17, 15) is 4.79 Å². The highest BCUT2D eigenvalue weighted by molar-refractivity contribution is 7.99. The fourth-order valence-corrected chi connectivity index (χ4v) is 3.82. The van der Waals surface area contributed by atoms with Crippen LogP contribution in [0.5, 0.6) is 11.5 Å². The summed E-state index contributed by atoms with van der Waals surface area (Å²) in [6, 6.07) is 7.30. The number of hydrogen-bond donors (Lipinski definition) is 0. The number of methoxy groups -OCH3 is 2. The van der Waals surface area contributed by atoms with Gasteiger partial charge in [-0.05, 0) is 38.5 Å². The Morgan fingerprint density at radius 2 is 1.79 bits per heavy atom. The van der Waals surface area contributed by atoms with Crippen LogP contribution in [-0.4, -0.2) is 40.5 Å². The summed E-state index contributed by atoms with van der Waals surface area (Å²) >= 11 is 1.23. The smallest absolute Gasteiger partial charge is 0.277 e. The Balaban J connectivity index is 1.71. The van der Waals surface area contributed by atoms with E-state index in [1.165, 1.54) is 11.8 Å². The molecule has 0 aliphatic heterocycles. The Morgan fingerprint density at radius 1 is 1.10 bits per heavy atom. The standard InChI is InChI=1S/C21H25N3O4S/c1-6-7-24-13(2)8-18(14(24)3)19(25)12-29-21-23-22-20(28-21)15-9-16(26-4)11-17(10-15)27-5/h8-11H,6-7,12H2,1-5H3. The number of rotatable bonds is 9. The van der Waals surface area contributed by atoms with Gasteiger partial charge in [0.15, 0.2) is 5.78 Å². The van der Waals surface area contributed by atoms with Crippen LogP contribution in [-0.2, 0) is 6.54 Å². The normalized spacial score (nSPS) is 10.9. The van der Waals surface area contributed by atoms with Crippen molar-refractivity contribution in [3.8, 4) is 23.0 Å². The van der Waals surface area contributed by atoms with Gasteiger partial charge >= 0.3 is 0 Å². The largest absolute Gasteiger partial charge is 0.497 e. The molecule has 0 fully saturated rings. The summed E-state index contributed by atoms with van der Waals surface area (Å²) in [5.74, 6) is 1.89. The summed E-state index contributed by atoms with van der Waals surface area (Å²) in [6.45, 7) is 7.05. The first-order chi connectivity index (χ1) is 14.0. The Morgan fingerprint density at radius 3 is 2.41 bits per heavy atom. The highest BCUT2D eigenvalue weighted by Crippen LogP contribution is 2.30. The topological polar surface area (TPSA) is 79.4 Å². The molecule has 0 N–H and O–H groups in total. The van der Waals surface area contributed by atoms with Crippen molar-refractivity contribution in [2.24, 2.45) is 0 Å². The van der Waals surface area contributed by atoms with Gasteiger partial charge in [0.1, 0.15) is 11.5 Å². The first kappa shape index (κ1) is 21.0. The van der Waals surface area contributed by atoms with Gasteiger partial charge in [0.25, 0.3) is 5.22 Å². The number of aromatic nitrogens is 3. The van der Waals surface area contributed by atoms with Crippen molar-refractivity contribution < 1.29 is 18.7 Å². The maximum Gasteiger partial charge on any atom is 0.277 e. The number of ether oxygens (including phenoxy) is 2. The van der Waals surface area contributed by atoms with Crippen molar-refractivity contribution in [3.05, 3.63) is 41.2 Å². The van der Waals surface area contributed by atoms with Gasteiger partial charge in [-0.1, -0.05) is 18.7 Å². The summed E-state index contributed by atoms with van der Waals surface area (Å²) in [5.41, 5.74) is 3.55. The predicted molar refractivity (Wildman–Crippen MR) is 112 cm³/mol. The second kappa shape index (κ2) is 9.17. The fraction of sp³-hybridized carbons (Fsp3) is 0.381. The van der Waals surface area contributed by atoms with Crippen LogP contribution in [0.4, 0.5) is 0 Å². The molecule has 0 spiro atoms. The van der Waals surface area contributed by atoms with E-state index in [1.807, 2.05) is 19.9 Å². The highest BCUT2D eigenvalue weighted by Gasteiger charge is 2.18. The number of carbonyl (C=O) groups excluding carboxylic acids is 1. The number of benzene rings is 1. The van der Waals surface area contributed by atoms with E-state index in [4.69, 9.17) is 13.9 Å². The van der Waals surface area contributed by atoms with E-state index in [0.717, 1.165) is 29.9 Å². The number of nitrogens with zero attached hydrogens (tertiary/aromatic N) is 3. The second-order valence-corrected chi connectivity index (χ2v) is 7.55. The molecule has 2 aromatic heterocycles. The molecular weight excluding hydrogens is 390 g/mol. The van der Waals surface area contributed by atoms with E-state index < -0.39 is 0 Å². The molecular formula is C21H25N3O4S. The fourth-order valence-electron chi connectivity index (χ4n) is 3.17.